The highest BCUT2D eigenvalue weighted by atomic mass is 16.2. The quantitative estimate of drug-likeness (QED) is 0.148. The third kappa shape index (κ3) is 9.20. The normalized spacial score (nSPS) is 11.6. The van der Waals surface area contributed by atoms with Gasteiger partial charge in [0.1, 0.15) is 11.6 Å². The third-order valence-corrected chi connectivity index (χ3v) is 5.15. The Morgan fingerprint density at radius 3 is 1.92 bits per heavy atom. The van der Waals surface area contributed by atoms with Gasteiger partial charge in [-0.3, -0.25) is 44.1 Å². The zero-order valence-corrected chi connectivity index (χ0v) is 20.4. The first-order valence-corrected chi connectivity index (χ1v) is 11.5. The monoisotopic (exact) mass is 509 g/mol. The second-order valence-electron chi connectivity index (χ2n) is 8.96. The molecule has 3 aromatic rings. The summed E-state index contributed by atoms with van der Waals surface area (Å²) < 4.78 is 0. The average molecular weight is 510 g/mol. The molecule has 37 heavy (non-hydrogen) atoms. The molecular formula is C24H35N11O2. The van der Waals surface area contributed by atoms with Crippen LogP contribution in [0.4, 0.5) is 16.2 Å². The van der Waals surface area contributed by atoms with Gasteiger partial charge in [-0.25, -0.2) is 4.79 Å². The lowest BCUT2D eigenvalue weighted by Gasteiger charge is -2.24. The maximum atomic E-state index is 13.7. The molecule has 13 nitrogen and oxygen atoms in total. The molecule has 0 saturated heterocycles. The van der Waals surface area contributed by atoms with Crippen LogP contribution in [0.25, 0.3) is 0 Å². The Morgan fingerprint density at radius 1 is 0.811 bits per heavy atom. The van der Waals surface area contributed by atoms with Crippen molar-refractivity contribution in [1.29, 1.82) is 0 Å². The van der Waals surface area contributed by atoms with Crippen LogP contribution in [0.5, 0.6) is 0 Å². The van der Waals surface area contributed by atoms with E-state index in [9.17, 15) is 9.59 Å². The van der Waals surface area contributed by atoms with Crippen molar-refractivity contribution in [2.24, 2.45) is 34.4 Å². The Balaban J connectivity index is 1.89. The average Bonchev–Trinajstić information content (AvgIpc) is 3.36. The van der Waals surface area contributed by atoms with Gasteiger partial charge in [0.05, 0.1) is 19.6 Å². The number of hydrogen-bond acceptors (Lipinski definition) is 10. The van der Waals surface area contributed by atoms with E-state index in [-0.39, 0.29) is 31.7 Å². The van der Waals surface area contributed by atoms with Gasteiger partial charge in [-0.1, -0.05) is 30.3 Å². The molecule has 0 aliphatic carbocycles. The second-order valence-corrected chi connectivity index (χ2v) is 8.96. The number of carbonyl (C=O) groups is 2. The number of nitrogens with two attached hydrogens (primary N) is 6. The van der Waals surface area contributed by atoms with Crippen molar-refractivity contribution >= 4 is 23.3 Å². The summed E-state index contributed by atoms with van der Waals surface area (Å²) in [6, 6.07) is 17.2. The van der Waals surface area contributed by atoms with E-state index in [0.717, 1.165) is 10.5 Å². The van der Waals surface area contributed by atoms with Gasteiger partial charge in [-0.2, -0.15) is 0 Å². The SMILES string of the molecule is NC(N)(N)CNc1cc(NCC(N)(N)N)cc(C(=O)N(Cc2ccc[nH]2)C(=O)NCc2ccccc2)c1. The molecule has 0 aliphatic heterocycles. The molecule has 0 aliphatic rings. The lowest BCUT2D eigenvalue weighted by molar-refractivity contribution is 0.0789. The molecule has 0 bridgehead atoms. The summed E-state index contributed by atoms with van der Waals surface area (Å²) in [5.74, 6) is -3.54. The number of nitrogens with one attached hydrogen (secondary N) is 4. The highest BCUT2D eigenvalue weighted by Gasteiger charge is 2.25. The highest BCUT2D eigenvalue weighted by Crippen LogP contribution is 2.22. The van der Waals surface area contributed by atoms with Crippen molar-refractivity contribution in [3.05, 3.63) is 83.7 Å². The van der Waals surface area contributed by atoms with Gasteiger partial charge in [0, 0.05) is 35.4 Å². The Kier molecular flexibility index (Phi) is 8.83. The van der Waals surface area contributed by atoms with E-state index in [4.69, 9.17) is 34.4 Å². The summed E-state index contributed by atoms with van der Waals surface area (Å²) in [6.45, 7) is 0.270. The molecule has 0 fully saturated rings. The smallest absolute Gasteiger partial charge is 0.325 e. The second kappa shape index (κ2) is 11.8. The molecule has 16 N–H and O–H groups in total. The van der Waals surface area contributed by atoms with Gasteiger partial charge >= 0.3 is 6.03 Å². The van der Waals surface area contributed by atoms with Gasteiger partial charge in [-0.05, 0) is 35.9 Å². The summed E-state index contributed by atoms with van der Waals surface area (Å²) in [4.78, 5) is 31.0. The molecule has 2 aromatic carbocycles. The number of amides is 3. The molecule has 198 valence electrons. The number of aromatic amines is 1. The maximum Gasteiger partial charge on any atom is 0.325 e. The number of H-pyrrole nitrogens is 1. The molecule has 0 saturated carbocycles. The van der Waals surface area contributed by atoms with E-state index >= 15 is 0 Å². The van der Waals surface area contributed by atoms with Crippen molar-refractivity contribution in [3.8, 4) is 0 Å². The third-order valence-electron chi connectivity index (χ3n) is 5.15. The van der Waals surface area contributed by atoms with Gasteiger partial charge in [0.15, 0.2) is 0 Å². The predicted molar refractivity (Wildman–Crippen MR) is 143 cm³/mol. The largest absolute Gasteiger partial charge is 0.380 e. The Labute approximate surface area is 214 Å². The van der Waals surface area contributed by atoms with Crippen LogP contribution >= 0.6 is 0 Å². The number of nitrogens with zero attached hydrogens (tertiary/aromatic N) is 1. The molecule has 0 radical (unpaired) electrons. The number of hydrogen-bond donors (Lipinski definition) is 10. The molecule has 13 heteroatoms. The van der Waals surface area contributed by atoms with Crippen LogP contribution in [0, 0.1) is 0 Å². The Hall–Kier alpha value is -3.98. The van der Waals surface area contributed by atoms with Crippen LogP contribution in [0.2, 0.25) is 0 Å². The number of rotatable bonds is 11. The molecule has 0 unspecified atom stereocenters. The van der Waals surface area contributed by atoms with Crippen LogP contribution in [0.15, 0.2) is 66.9 Å². The molecule has 1 aromatic heterocycles. The number of benzene rings is 2. The number of imide groups is 1. The van der Waals surface area contributed by atoms with E-state index in [2.05, 4.69) is 20.9 Å². The minimum atomic E-state index is -1.49. The van der Waals surface area contributed by atoms with Crippen LogP contribution in [0.3, 0.4) is 0 Å². The first kappa shape index (κ1) is 27.6. The summed E-state index contributed by atoms with van der Waals surface area (Å²) in [5, 5.41) is 8.79. The van der Waals surface area contributed by atoms with Crippen LogP contribution < -0.4 is 50.4 Å². The van der Waals surface area contributed by atoms with Gasteiger partial charge < -0.3 is 20.9 Å². The lowest BCUT2D eigenvalue weighted by Crippen LogP contribution is -2.62. The molecule has 1 heterocycles. The molecule has 0 spiro atoms. The van der Waals surface area contributed by atoms with Crippen molar-refractivity contribution in [3.63, 3.8) is 0 Å². The van der Waals surface area contributed by atoms with Crippen molar-refractivity contribution in [2.45, 2.75) is 24.7 Å². The minimum Gasteiger partial charge on any atom is -0.380 e. The van der Waals surface area contributed by atoms with Crippen molar-refractivity contribution in [2.75, 3.05) is 23.7 Å². The fourth-order valence-corrected chi connectivity index (χ4v) is 3.36. The van der Waals surface area contributed by atoms with E-state index in [1.165, 1.54) is 0 Å². The van der Waals surface area contributed by atoms with Gasteiger partial charge in [0.25, 0.3) is 5.91 Å². The Bertz CT molecular complexity index is 1130. The minimum absolute atomic E-state index is 0.00242. The maximum absolute atomic E-state index is 13.7. The summed E-state index contributed by atoms with van der Waals surface area (Å²) >= 11 is 0. The van der Waals surface area contributed by atoms with E-state index in [1.54, 1.807) is 36.5 Å². The first-order valence-electron chi connectivity index (χ1n) is 11.5. The standard InChI is InChI=1S/C24H35N11O2/c25-23(26,27)14-33-19-9-17(10-20(11-19)34-15-24(28,29)30)21(36)35(13-18-7-4-8-31-18)22(37)32-12-16-5-2-1-3-6-16/h1-11,31,33-34H,12-15,25-30H2,(H,32,37). The van der Waals surface area contributed by atoms with Crippen molar-refractivity contribution < 1.29 is 9.59 Å². The molecular weight excluding hydrogens is 474 g/mol. The first-order chi connectivity index (χ1) is 17.4. The van der Waals surface area contributed by atoms with E-state index < -0.39 is 23.5 Å². The Morgan fingerprint density at radius 2 is 1.41 bits per heavy atom. The topological polar surface area (TPSA) is 245 Å². The van der Waals surface area contributed by atoms with Crippen LogP contribution in [-0.2, 0) is 13.1 Å². The zero-order chi connectivity index (χ0) is 27.1. The number of urea groups is 1. The zero-order valence-electron chi connectivity index (χ0n) is 20.4. The highest BCUT2D eigenvalue weighted by molar-refractivity contribution is 6.05. The van der Waals surface area contributed by atoms with Crippen LogP contribution in [0.1, 0.15) is 21.6 Å². The molecule has 0 atom stereocenters. The van der Waals surface area contributed by atoms with Crippen molar-refractivity contribution in [1.82, 2.24) is 15.2 Å². The van der Waals surface area contributed by atoms with Gasteiger partial charge in [0.2, 0.25) is 0 Å². The predicted octanol–water partition coefficient (Wildman–Crippen LogP) is -0.549. The summed E-state index contributed by atoms with van der Waals surface area (Å²) in [5.41, 5.74) is 36.8. The summed E-state index contributed by atoms with van der Waals surface area (Å²) in [6.07, 6.45) is 1.71. The van der Waals surface area contributed by atoms with E-state index in [0.29, 0.717) is 17.1 Å². The number of carbonyl (C=O) groups excluding carboxylic acids is 2. The van der Waals surface area contributed by atoms with Gasteiger partial charge in [-0.15, -0.1) is 0 Å². The fraction of sp³-hybridized carbons (Fsp3) is 0.250. The number of anilines is 2. The lowest BCUT2D eigenvalue weighted by atomic mass is 10.1. The van der Waals surface area contributed by atoms with Crippen LogP contribution in [-0.4, -0.2) is 46.5 Å². The number of aromatic nitrogens is 1. The van der Waals surface area contributed by atoms with E-state index in [1.807, 2.05) is 30.3 Å². The summed E-state index contributed by atoms with van der Waals surface area (Å²) in [7, 11) is 0. The fourth-order valence-electron chi connectivity index (χ4n) is 3.36. The molecule has 3 amide bonds. The molecule has 3 rings (SSSR count).